The Morgan fingerprint density at radius 1 is 1.28 bits per heavy atom. The molecule has 3 N–H and O–H groups in total. The van der Waals surface area contributed by atoms with Crippen molar-refractivity contribution in [3.63, 3.8) is 0 Å². The van der Waals surface area contributed by atoms with Crippen LogP contribution in [0.2, 0.25) is 0 Å². The topological polar surface area (TPSA) is 84.9 Å². The van der Waals surface area contributed by atoms with E-state index in [1.165, 1.54) is 23.7 Å². The zero-order chi connectivity index (χ0) is 17.8. The third kappa shape index (κ3) is 5.09. The summed E-state index contributed by atoms with van der Waals surface area (Å²) in [5.74, 6) is 0.208. The second-order valence-corrected chi connectivity index (χ2v) is 8.11. The molecule has 25 heavy (non-hydrogen) atoms. The zero-order valence-electron chi connectivity index (χ0n) is 14.3. The van der Waals surface area contributed by atoms with Gasteiger partial charge in [-0.15, -0.1) is 0 Å². The van der Waals surface area contributed by atoms with Gasteiger partial charge in [0.15, 0.2) is 0 Å². The molecule has 2 aliphatic carbocycles. The van der Waals surface area contributed by atoms with Gasteiger partial charge in [0.25, 0.3) is 0 Å². The van der Waals surface area contributed by atoms with Crippen LogP contribution >= 0.6 is 22.6 Å². The molecule has 2 fully saturated rings. The van der Waals surface area contributed by atoms with E-state index in [9.17, 15) is 9.90 Å². The standard InChI is InChI=1S/C19H25IN2O3/c20-8-7-12-1-3-14(4-2-12)22-11-13-9-16(19(23)24)18(10-17(13)21)25-15-5-6-15/h9-12,14-15H,1-8,21H2,(H,23,24). The second kappa shape index (κ2) is 8.38. The van der Waals surface area contributed by atoms with Crippen molar-refractivity contribution in [2.24, 2.45) is 10.9 Å². The molecular weight excluding hydrogens is 431 g/mol. The number of nitrogen functional groups attached to an aromatic ring is 1. The molecule has 136 valence electrons. The van der Waals surface area contributed by atoms with E-state index >= 15 is 0 Å². The maximum Gasteiger partial charge on any atom is 0.339 e. The Kier molecular flexibility index (Phi) is 6.19. The van der Waals surface area contributed by atoms with Gasteiger partial charge in [0.1, 0.15) is 11.3 Å². The van der Waals surface area contributed by atoms with E-state index in [0.717, 1.165) is 31.6 Å². The summed E-state index contributed by atoms with van der Waals surface area (Å²) in [4.78, 5) is 16.2. The molecule has 1 aromatic carbocycles. The number of hydrogen-bond donors (Lipinski definition) is 2. The fourth-order valence-corrected chi connectivity index (χ4v) is 4.16. The van der Waals surface area contributed by atoms with Crippen molar-refractivity contribution in [2.75, 3.05) is 10.2 Å². The number of rotatable bonds is 7. The lowest BCUT2D eigenvalue weighted by Gasteiger charge is -2.25. The summed E-state index contributed by atoms with van der Waals surface area (Å²) in [6.45, 7) is 0. The van der Waals surface area contributed by atoms with E-state index in [1.54, 1.807) is 18.3 Å². The number of hydrogen-bond acceptors (Lipinski definition) is 4. The molecule has 1 aromatic rings. The van der Waals surface area contributed by atoms with Crippen molar-refractivity contribution >= 4 is 40.5 Å². The highest BCUT2D eigenvalue weighted by Crippen LogP contribution is 2.32. The molecule has 2 aliphatic rings. The number of nitrogens with two attached hydrogens (primary N) is 1. The average molecular weight is 456 g/mol. The predicted octanol–water partition coefficient (Wildman–Crippen LogP) is 4.31. The first-order valence-corrected chi connectivity index (χ1v) is 10.5. The molecule has 2 saturated carbocycles. The minimum atomic E-state index is -0.996. The van der Waals surface area contributed by atoms with Gasteiger partial charge in [0.05, 0.1) is 6.10 Å². The summed E-state index contributed by atoms with van der Waals surface area (Å²) >= 11 is 2.44. The third-order valence-electron chi connectivity index (χ3n) is 4.99. The first kappa shape index (κ1) is 18.5. The minimum Gasteiger partial charge on any atom is -0.489 e. The van der Waals surface area contributed by atoms with Crippen molar-refractivity contribution in [1.82, 2.24) is 0 Å². The molecule has 0 saturated heterocycles. The number of benzene rings is 1. The van der Waals surface area contributed by atoms with Crippen LogP contribution in [0.1, 0.15) is 60.9 Å². The fraction of sp³-hybridized carbons (Fsp3) is 0.579. The smallest absolute Gasteiger partial charge is 0.339 e. The van der Waals surface area contributed by atoms with E-state index in [2.05, 4.69) is 27.6 Å². The summed E-state index contributed by atoms with van der Waals surface area (Å²) in [5.41, 5.74) is 7.44. The van der Waals surface area contributed by atoms with Gasteiger partial charge in [0, 0.05) is 29.6 Å². The lowest BCUT2D eigenvalue weighted by molar-refractivity contribution is 0.0692. The van der Waals surface area contributed by atoms with E-state index in [1.807, 2.05) is 0 Å². The maximum atomic E-state index is 11.5. The van der Waals surface area contributed by atoms with Crippen molar-refractivity contribution in [3.05, 3.63) is 23.3 Å². The third-order valence-corrected chi connectivity index (χ3v) is 5.61. The van der Waals surface area contributed by atoms with Crippen LogP contribution in [0, 0.1) is 5.92 Å². The molecule has 5 nitrogen and oxygen atoms in total. The van der Waals surface area contributed by atoms with Gasteiger partial charge in [-0.25, -0.2) is 4.79 Å². The molecule has 3 rings (SSSR count). The highest BCUT2D eigenvalue weighted by atomic mass is 127. The Labute approximate surface area is 162 Å². The van der Waals surface area contributed by atoms with Crippen LogP contribution in [-0.4, -0.2) is 33.9 Å². The van der Waals surface area contributed by atoms with Crippen LogP contribution < -0.4 is 10.5 Å². The molecule has 0 unspecified atom stereocenters. The molecule has 0 atom stereocenters. The van der Waals surface area contributed by atoms with Crippen LogP contribution in [-0.2, 0) is 0 Å². The number of aliphatic imine (C=N–C) groups is 1. The maximum absolute atomic E-state index is 11.5. The number of ether oxygens (including phenoxy) is 1. The van der Waals surface area contributed by atoms with Gasteiger partial charge < -0.3 is 15.6 Å². The Balaban J connectivity index is 1.69. The molecule has 0 amide bonds. The summed E-state index contributed by atoms with van der Waals surface area (Å²) in [6, 6.07) is 3.53. The first-order valence-electron chi connectivity index (χ1n) is 8.99. The molecular formula is C19H25IN2O3. The first-order chi connectivity index (χ1) is 12.1. The lowest BCUT2D eigenvalue weighted by Crippen LogP contribution is -2.17. The minimum absolute atomic E-state index is 0.134. The Morgan fingerprint density at radius 2 is 2.00 bits per heavy atom. The molecule has 0 aromatic heterocycles. The fourth-order valence-electron chi connectivity index (χ4n) is 3.28. The van der Waals surface area contributed by atoms with Gasteiger partial charge in [-0.1, -0.05) is 22.6 Å². The number of nitrogens with zero attached hydrogens (tertiary/aromatic N) is 1. The van der Waals surface area contributed by atoms with Gasteiger partial charge >= 0.3 is 5.97 Å². The van der Waals surface area contributed by atoms with E-state index in [4.69, 9.17) is 10.5 Å². The number of alkyl halides is 1. The quantitative estimate of drug-likeness (QED) is 0.277. The van der Waals surface area contributed by atoms with Crippen LogP contribution in [0.4, 0.5) is 5.69 Å². The van der Waals surface area contributed by atoms with E-state index in [0.29, 0.717) is 23.0 Å². The number of aromatic carboxylic acids is 1. The SMILES string of the molecule is Nc1cc(OC2CC2)c(C(=O)O)cc1C=NC1CCC(CCI)CC1. The molecule has 6 heteroatoms. The second-order valence-electron chi connectivity index (χ2n) is 7.03. The summed E-state index contributed by atoms with van der Waals surface area (Å²) in [6.07, 6.45) is 9.79. The largest absolute Gasteiger partial charge is 0.489 e. The molecule has 0 heterocycles. The predicted molar refractivity (Wildman–Crippen MR) is 108 cm³/mol. The van der Waals surface area contributed by atoms with Crippen LogP contribution in [0.5, 0.6) is 5.75 Å². The summed E-state index contributed by atoms with van der Waals surface area (Å²) in [7, 11) is 0. The number of carbonyl (C=O) groups is 1. The molecule has 0 spiro atoms. The normalized spacial score (nSPS) is 23.7. The average Bonchev–Trinajstić information content (AvgIpc) is 3.39. The van der Waals surface area contributed by atoms with Gasteiger partial charge in [0.2, 0.25) is 0 Å². The number of halogens is 1. The van der Waals surface area contributed by atoms with Gasteiger partial charge in [-0.3, -0.25) is 4.99 Å². The van der Waals surface area contributed by atoms with Crippen LogP contribution in [0.3, 0.4) is 0 Å². The van der Waals surface area contributed by atoms with Crippen molar-refractivity contribution in [3.8, 4) is 5.75 Å². The van der Waals surface area contributed by atoms with Gasteiger partial charge in [-0.2, -0.15) is 0 Å². The Hall–Kier alpha value is -1.31. The number of carboxylic acids is 1. The van der Waals surface area contributed by atoms with Crippen LogP contribution in [0.15, 0.2) is 17.1 Å². The van der Waals surface area contributed by atoms with Crippen molar-refractivity contribution in [1.29, 1.82) is 0 Å². The van der Waals surface area contributed by atoms with Crippen molar-refractivity contribution < 1.29 is 14.6 Å². The highest BCUT2D eigenvalue weighted by molar-refractivity contribution is 14.1. The number of carboxylic acid groups (broad SMARTS) is 1. The van der Waals surface area contributed by atoms with Crippen molar-refractivity contribution in [2.45, 2.75) is 57.1 Å². The lowest BCUT2D eigenvalue weighted by atomic mass is 9.85. The summed E-state index contributed by atoms with van der Waals surface area (Å²) < 4.78 is 6.90. The highest BCUT2D eigenvalue weighted by Gasteiger charge is 2.26. The summed E-state index contributed by atoms with van der Waals surface area (Å²) in [5, 5.41) is 9.44. The molecule has 0 aliphatic heterocycles. The molecule has 0 bridgehead atoms. The van der Waals surface area contributed by atoms with E-state index < -0.39 is 5.97 Å². The molecule has 0 radical (unpaired) electrons. The Morgan fingerprint density at radius 3 is 2.60 bits per heavy atom. The monoisotopic (exact) mass is 456 g/mol. The van der Waals surface area contributed by atoms with Crippen LogP contribution in [0.25, 0.3) is 0 Å². The Bertz CT molecular complexity index is 650. The number of anilines is 1. The van der Waals surface area contributed by atoms with Gasteiger partial charge in [-0.05, 0) is 61.4 Å². The zero-order valence-corrected chi connectivity index (χ0v) is 16.4. The van der Waals surface area contributed by atoms with E-state index in [-0.39, 0.29) is 11.7 Å².